The summed E-state index contributed by atoms with van der Waals surface area (Å²) < 4.78 is 49.5. The summed E-state index contributed by atoms with van der Waals surface area (Å²) in [5.41, 5.74) is 3.18. The lowest BCUT2D eigenvalue weighted by atomic mass is 9.97. The highest BCUT2D eigenvalue weighted by Crippen LogP contribution is 2.29. The van der Waals surface area contributed by atoms with Crippen LogP contribution < -0.4 is 9.47 Å². The van der Waals surface area contributed by atoms with Crippen LogP contribution in [0.25, 0.3) is 11.1 Å². The molecule has 0 fully saturated rings. The Balaban J connectivity index is 1.53. The van der Waals surface area contributed by atoms with Gasteiger partial charge in [-0.25, -0.2) is 12.8 Å². The maximum Gasteiger partial charge on any atom is 0.303 e. The minimum Gasteiger partial charge on any atom is -0.494 e. The second kappa shape index (κ2) is 15.9. The summed E-state index contributed by atoms with van der Waals surface area (Å²) in [5.74, 6) is -1.13. The predicted molar refractivity (Wildman–Crippen MR) is 157 cm³/mol. The Morgan fingerprint density at radius 3 is 2.14 bits per heavy atom. The van der Waals surface area contributed by atoms with Gasteiger partial charge in [0.2, 0.25) is 0 Å². The fourth-order valence-corrected chi connectivity index (χ4v) is 5.21. The van der Waals surface area contributed by atoms with E-state index in [1.165, 1.54) is 18.2 Å². The van der Waals surface area contributed by atoms with E-state index >= 15 is 0 Å². The van der Waals surface area contributed by atoms with Crippen LogP contribution >= 0.6 is 0 Å². The fourth-order valence-electron chi connectivity index (χ4n) is 4.54. The van der Waals surface area contributed by atoms with Gasteiger partial charge in [-0.3, -0.25) is 9.59 Å². The third-order valence-electron chi connectivity index (χ3n) is 6.71. The molecule has 0 atom stereocenters. The van der Waals surface area contributed by atoms with Crippen molar-refractivity contribution < 1.29 is 42.1 Å². The number of carbonyl (C=O) groups is 2. The molecule has 0 bridgehead atoms. The van der Waals surface area contributed by atoms with Gasteiger partial charge in [-0.15, -0.1) is 0 Å². The zero-order chi connectivity index (χ0) is 30.5. The molecule has 0 saturated carbocycles. The molecule has 0 unspecified atom stereocenters. The Bertz CT molecular complexity index is 1450. The number of carboxylic acids is 2. The van der Waals surface area contributed by atoms with Crippen LogP contribution in [0.15, 0.2) is 65.6 Å². The lowest BCUT2D eigenvalue weighted by Crippen LogP contribution is -2.07. The van der Waals surface area contributed by atoms with E-state index in [4.69, 9.17) is 14.6 Å². The van der Waals surface area contributed by atoms with Crippen LogP contribution in [0.5, 0.6) is 11.5 Å². The Kier molecular flexibility index (Phi) is 12.3. The first kappa shape index (κ1) is 32.6. The molecule has 3 rings (SSSR count). The molecule has 42 heavy (non-hydrogen) atoms. The number of carboxylic acid groups (broad SMARTS) is 2. The molecule has 0 heterocycles. The summed E-state index contributed by atoms with van der Waals surface area (Å²) >= 11 is 0. The number of halogens is 1. The first-order valence-corrected chi connectivity index (χ1v) is 15.8. The Labute approximate surface area is 246 Å². The highest BCUT2D eigenvalue weighted by molar-refractivity contribution is 7.90. The molecule has 10 heteroatoms. The molecule has 0 amide bonds. The van der Waals surface area contributed by atoms with Crippen molar-refractivity contribution >= 4 is 21.8 Å². The molecule has 8 nitrogen and oxygen atoms in total. The van der Waals surface area contributed by atoms with Crippen molar-refractivity contribution in [1.82, 2.24) is 0 Å². The average molecular weight is 601 g/mol. The Morgan fingerprint density at radius 2 is 1.45 bits per heavy atom. The molecule has 3 aromatic carbocycles. The van der Waals surface area contributed by atoms with Crippen molar-refractivity contribution in [3.05, 3.63) is 77.6 Å². The lowest BCUT2D eigenvalue weighted by molar-refractivity contribution is -0.138. The maximum absolute atomic E-state index is 13.4. The smallest absolute Gasteiger partial charge is 0.303 e. The van der Waals surface area contributed by atoms with Crippen molar-refractivity contribution in [1.29, 1.82) is 0 Å². The van der Waals surface area contributed by atoms with Gasteiger partial charge in [0.1, 0.15) is 17.3 Å². The predicted octanol–water partition coefficient (Wildman–Crippen LogP) is 6.34. The van der Waals surface area contributed by atoms with Crippen molar-refractivity contribution in [3.63, 3.8) is 0 Å². The Hall–Kier alpha value is -3.92. The molecule has 3 aromatic rings. The quantitative estimate of drug-likeness (QED) is 0.162. The second-order valence-electron chi connectivity index (χ2n) is 10.1. The van der Waals surface area contributed by atoms with Crippen LogP contribution in [-0.2, 0) is 32.3 Å². The number of aryl methyl sites for hydroxylation is 1. The number of rotatable bonds is 18. The van der Waals surface area contributed by atoms with Gasteiger partial charge in [-0.2, -0.15) is 0 Å². The lowest BCUT2D eigenvalue weighted by Gasteiger charge is -2.15. The Morgan fingerprint density at radius 1 is 0.762 bits per heavy atom. The van der Waals surface area contributed by atoms with Crippen molar-refractivity contribution in [2.24, 2.45) is 0 Å². The molecular formula is C32H37FO8S. The van der Waals surface area contributed by atoms with Gasteiger partial charge in [-0.1, -0.05) is 37.1 Å². The minimum absolute atomic E-state index is 0.00637. The molecule has 0 radical (unpaired) electrons. The van der Waals surface area contributed by atoms with Crippen LogP contribution in [0, 0.1) is 5.82 Å². The molecule has 0 spiro atoms. The third kappa shape index (κ3) is 10.8. The van der Waals surface area contributed by atoms with Gasteiger partial charge in [0, 0.05) is 19.1 Å². The summed E-state index contributed by atoms with van der Waals surface area (Å²) in [6.07, 6.45) is 5.99. The minimum atomic E-state index is -3.48. The van der Waals surface area contributed by atoms with Gasteiger partial charge >= 0.3 is 11.9 Å². The van der Waals surface area contributed by atoms with Crippen LogP contribution in [-0.4, -0.2) is 50.0 Å². The van der Waals surface area contributed by atoms with Crippen molar-refractivity contribution in [2.75, 3.05) is 19.5 Å². The van der Waals surface area contributed by atoms with Crippen LogP contribution in [0.2, 0.25) is 0 Å². The summed E-state index contributed by atoms with van der Waals surface area (Å²) in [4.78, 5) is 22.1. The molecule has 0 aromatic heterocycles. The first-order valence-electron chi connectivity index (χ1n) is 13.9. The zero-order valence-electron chi connectivity index (χ0n) is 23.7. The topological polar surface area (TPSA) is 127 Å². The van der Waals surface area contributed by atoms with Crippen molar-refractivity contribution in [3.8, 4) is 22.6 Å². The summed E-state index contributed by atoms with van der Waals surface area (Å²) in [6.45, 7) is 0.647. The largest absolute Gasteiger partial charge is 0.494 e. The van der Waals surface area contributed by atoms with E-state index in [0.717, 1.165) is 49.5 Å². The molecule has 0 saturated heterocycles. The number of hydrogen-bond acceptors (Lipinski definition) is 6. The van der Waals surface area contributed by atoms with E-state index in [2.05, 4.69) is 0 Å². The maximum atomic E-state index is 13.4. The molecule has 0 aliphatic heterocycles. The van der Waals surface area contributed by atoms with Crippen LogP contribution in [0.4, 0.5) is 4.39 Å². The third-order valence-corrected chi connectivity index (χ3v) is 7.80. The van der Waals surface area contributed by atoms with Gasteiger partial charge < -0.3 is 19.7 Å². The zero-order valence-corrected chi connectivity index (χ0v) is 24.5. The van der Waals surface area contributed by atoms with E-state index < -0.39 is 21.8 Å². The van der Waals surface area contributed by atoms with Crippen LogP contribution in [0.3, 0.4) is 0 Å². The molecule has 0 aliphatic rings. The van der Waals surface area contributed by atoms with E-state index in [1.807, 2.05) is 12.1 Å². The number of benzene rings is 3. The number of unbranched alkanes of at least 4 members (excludes halogenated alkanes) is 3. The normalized spacial score (nSPS) is 11.3. The van der Waals surface area contributed by atoms with Gasteiger partial charge in [0.15, 0.2) is 9.84 Å². The van der Waals surface area contributed by atoms with Gasteiger partial charge in [-0.05, 0) is 90.8 Å². The highest BCUT2D eigenvalue weighted by atomic mass is 32.2. The fraction of sp³-hybridized carbons (Fsp3) is 0.375. The standard InChI is InChI=1S/C32H37FO8S/c1-42(38,39)28-21-25(23-12-14-26(33)15-13-23)20-27(22-28)40-18-5-3-2-4-8-24-9-6-10-30(29(24)16-17-32(36)37)41-19-7-11-31(34)35/h6,9-10,12-15,20-22H,2-5,7-8,11,16-19H2,1H3,(H,34,35)(H,36,37). The SMILES string of the molecule is CS(=O)(=O)c1cc(OCCCCCCc2cccc(OCCCC(=O)O)c2CCC(=O)O)cc(-c2ccc(F)cc2)c1. The van der Waals surface area contributed by atoms with Gasteiger partial charge in [0.25, 0.3) is 0 Å². The number of aliphatic carboxylic acids is 2. The average Bonchev–Trinajstić information content (AvgIpc) is 2.93. The van der Waals surface area contributed by atoms with E-state index in [0.29, 0.717) is 42.1 Å². The first-order chi connectivity index (χ1) is 20.0. The molecule has 0 aliphatic carbocycles. The molecule has 2 N–H and O–H groups in total. The number of sulfone groups is 1. The van der Waals surface area contributed by atoms with E-state index in [9.17, 15) is 27.5 Å². The number of hydrogen-bond donors (Lipinski definition) is 2. The van der Waals surface area contributed by atoms with Crippen LogP contribution in [0.1, 0.15) is 56.1 Å². The van der Waals surface area contributed by atoms with Crippen molar-refractivity contribution in [2.45, 2.75) is 62.7 Å². The monoisotopic (exact) mass is 600 g/mol. The summed E-state index contributed by atoms with van der Waals surface area (Å²) in [6, 6.07) is 16.3. The summed E-state index contributed by atoms with van der Waals surface area (Å²) in [7, 11) is -3.48. The molecular weight excluding hydrogens is 563 g/mol. The van der Waals surface area contributed by atoms with Gasteiger partial charge in [0.05, 0.1) is 18.1 Å². The second-order valence-corrected chi connectivity index (χ2v) is 12.1. The number of ether oxygens (including phenoxy) is 2. The summed E-state index contributed by atoms with van der Waals surface area (Å²) in [5, 5.41) is 18.0. The highest BCUT2D eigenvalue weighted by Gasteiger charge is 2.14. The molecule has 226 valence electrons. The van der Waals surface area contributed by atoms with E-state index in [-0.39, 0.29) is 30.2 Å². The van der Waals surface area contributed by atoms with E-state index in [1.54, 1.807) is 30.3 Å².